The lowest BCUT2D eigenvalue weighted by molar-refractivity contribution is 0.103. The van der Waals surface area contributed by atoms with Crippen LogP contribution in [0.1, 0.15) is 16.1 Å². The SMILES string of the molecule is O=C(c1ccc(Cl)c(F)c1)c1ccsn1. The summed E-state index contributed by atoms with van der Waals surface area (Å²) in [5, 5.41) is 1.70. The zero-order chi connectivity index (χ0) is 10.8. The van der Waals surface area contributed by atoms with Crippen molar-refractivity contribution in [3.63, 3.8) is 0 Å². The van der Waals surface area contributed by atoms with Gasteiger partial charge in [0.15, 0.2) is 0 Å². The Bertz CT molecular complexity index is 498. The number of nitrogens with zero attached hydrogens (tertiary/aromatic N) is 1. The van der Waals surface area contributed by atoms with Crippen LogP contribution in [0.5, 0.6) is 0 Å². The zero-order valence-corrected chi connectivity index (χ0v) is 8.98. The van der Waals surface area contributed by atoms with Crippen molar-refractivity contribution in [1.82, 2.24) is 4.37 Å². The summed E-state index contributed by atoms with van der Waals surface area (Å²) < 4.78 is 17.0. The van der Waals surface area contributed by atoms with Crippen LogP contribution in [0.15, 0.2) is 29.6 Å². The number of carbonyl (C=O) groups is 1. The topological polar surface area (TPSA) is 30.0 Å². The van der Waals surface area contributed by atoms with E-state index in [1.807, 2.05) is 0 Å². The van der Waals surface area contributed by atoms with Gasteiger partial charge in [0, 0.05) is 10.9 Å². The van der Waals surface area contributed by atoms with E-state index in [9.17, 15) is 9.18 Å². The van der Waals surface area contributed by atoms with E-state index >= 15 is 0 Å². The number of hydrogen-bond acceptors (Lipinski definition) is 3. The van der Waals surface area contributed by atoms with E-state index in [1.54, 1.807) is 11.4 Å². The molecule has 5 heteroatoms. The van der Waals surface area contributed by atoms with Crippen LogP contribution in [-0.4, -0.2) is 10.2 Å². The Morgan fingerprint density at radius 2 is 2.20 bits per heavy atom. The molecular formula is C10H5ClFNOS. The summed E-state index contributed by atoms with van der Waals surface area (Å²) in [5.41, 5.74) is 0.574. The van der Waals surface area contributed by atoms with Crippen LogP contribution in [0, 0.1) is 5.82 Å². The van der Waals surface area contributed by atoms with Crippen LogP contribution in [0.25, 0.3) is 0 Å². The molecule has 0 aliphatic carbocycles. The Morgan fingerprint density at radius 1 is 1.40 bits per heavy atom. The lowest BCUT2D eigenvalue weighted by atomic mass is 10.1. The molecule has 0 saturated heterocycles. The number of rotatable bonds is 2. The number of aromatic nitrogens is 1. The first-order valence-electron chi connectivity index (χ1n) is 4.08. The molecule has 2 nitrogen and oxygen atoms in total. The molecule has 0 radical (unpaired) electrons. The summed E-state index contributed by atoms with van der Waals surface area (Å²) >= 11 is 6.69. The van der Waals surface area contributed by atoms with Crippen molar-refractivity contribution in [3.05, 3.63) is 51.7 Å². The van der Waals surface area contributed by atoms with Crippen molar-refractivity contribution in [2.24, 2.45) is 0 Å². The van der Waals surface area contributed by atoms with E-state index in [-0.39, 0.29) is 16.4 Å². The summed E-state index contributed by atoms with van der Waals surface area (Å²) in [6.45, 7) is 0. The van der Waals surface area contributed by atoms with Crippen molar-refractivity contribution in [2.75, 3.05) is 0 Å². The highest BCUT2D eigenvalue weighted by molar-refractivity contribution is 7.03. The number of benzene rings is 1. The van der Waals surface area contributed by atoms with Gasteiger partial charge >= 0.3 is 0 Å². The average molecular weight is 242 g/mol. The first-order valence-corrected chi connectivity index (χ1v) is 5.30. The smallest absolute Gasteiger partial charge is 0.212 e. The van der Waals surface area contributed by atoms with Gasteiger partial charge in [0.1, 0.15) is 11.5 Å². The van der Waals surface area contributed by atoms with Gasteiger partial charge in [-0.2, -0.15) is 4.37 Å². The Hall–Kier alpha value is -1.26. The van der Waals surface area contributed by atoms with Crippen molar-refractivity contribution in [2.45, 2.75) is 0 Å². The van der Waals surface area contributed by atoms with Gasteiger partial charge in [0.2, 0.25) is 5.78 Å². The van der Waals surface area contributed by atoms with Crippen LogP contribution in [0.2, 0.25) is 5.02 Å². The van der Waals surface area contributed by atoms with Crippen LogP contribution >= 0.6 is 23.1 Å². The molecule has 1 heterocycles. The van der Waals surface area contributed by atoms with Crippen LogP contribution < -0.4 is 0 Å². The van der Waals surface area contributed by atoms with Gasteiger partial charge < -0.3 is 0 Å². The average Bonchev–Trinajstić information content (AvgIpc) is 2.74. The summed E-state index contributed by atoms with van der Waals surface area (Å²) in [7, 11) is 0. The van der Waals surface area contributed by atoms with Gasteiger partial charge in [-0.25, -0.2) is 4.39 Å². The van der Waals surface area contributed by atoms with Crippen LogP contribution in [0.3, 0.4) is 0 Å². The zero-order valence-electron chi connectivity index (χ0n) is 7.41. The molecule has 2 rings (SSSR count). The molecule has 0 amide bonds. The molecule has 0 N–H and O–H groups in total. The Morgan fingerprint density at radius 3 is 2.80 bits per heavy atom. The summed E-state index contributed by atoms with van der Waals surface area (Å²) in [6, 6.07) is 5.55. The molecule has 0 saturated carbocycles. The highest BCUT2D eigenvalue weighted by Gasteiger charge is 2.12. The Balaban J connectivity index is 2.39. The van der Waals surface area contributed by atoms with Gasteiger partial charge in [-0.1, -0.05) is 11.6 Å². The maximum absolute atomic E-state index is 13.1. The third kappa shape index (κ3) is 2.06. The maximum Gasteiger partial charge on any atom is 0.212 e. The highest BCUT2D eigenvalue weighted by atomic mass is 35.5. The molecule has 2 aromatic rings. The molecule has 1 aromatic carbocycles. The predicted octanol–water partition coefficient (Wildman–Crippen LogP) is 3.17. The monoisotopic (exact) mass is 241 g/mol. The number of halogens is 2. The van der Waals surface area contributed by atoms with Crippen LogP contribution in [-0.2, 0) is 0 Å². The van der Waals surface area contributed by atoms with E-state index in [4.69, 9.17) is 11.6 Å². The van der Waals surface area contributed by atoms with Gasteiger partial charge in [0.05, 0.1) is 5.02 Å². The highest BCUT2D eigenvalue weighted by Crippen LogP contribution is 2.17. The first kappa shape index (κ1) is 10.3. The summed E-state index contributed by atoms with van der Waals surface area (Å²) in [6.07, 6.45) is 0. The predicted molar refractivity (Wildman–Crippen MR) is 57.0 cm³/mol. The van der Waals surface area contributed by atoms with Crippen molar-refractivity contribution >= 4 is 28.9 Å². The number of ketones is 1. The molecule has 0 atom stereocenters. The van der Waals surface area contributed by atoms with Crippen molar-refractivity contribution in [1.29, 1.82) is 0 Å². The van der Waals surface area contributed by atoms with Gasteiger partial charge in [-0.3, -0.25) is 4.79 Å². The van der Waals surface area contributed by atoms with Gasteiger partial charge in [0.25, 0.3) is 0 Å². The maximum atomic E-state index is 13.1. The van der Waals surface area contributed by atoms with Crippen molar-refractivity contribution in [3.8, 4) is 0 Å². The summed E-state index contributed by atoms with van der Waals surface area (Å²) in [5.74, 6) is -0.899. The molecule has 0 fully saturated rings. The molecule has 0 unspecified atom stereocenters. The van der Waals surface area contributed by atoms with Gasteiger partial charge in [-0.05, 0) is 35.8 Å². The standard InChI is InChI=1S/C10H5ClFNOS/c11-7-2-1-6(5-8(7)12)10(14)9-3-4-15-13-9/h1-5H. The quantitative estimate of drug-likeness (QED) is 0.756. The lowest BCUT2D eigenvalue weighted by Crippen LogP contribution is -2.01. The minimum absolute atomic E-state index is 0.00447. The van der Waals surface area contributed by atoms with Gasteiger partial charge in [-0.15, -0.1) is 0 Å². The molecule has 0 spiro atoms. The Kier molecular flexibility index (Phi) is 2.79. The van der Waals surface area contributed by atoms with E-state index in [0.717, 1.165) is 6.07 Å². The normalized spacial score (nSPS) is 10.3. The van der Waals surface area contributed by atoms with E-state index in [1.165, 1.54) is 23.7 Å². The van der Waals surface area contributed by atoms with E-state index < -0.39 is 5.82 Å². The second-order valence-corrected chi connectivity index (χ2v) is 3.92. The molecular weight excluding hydrogens is 237 g/mol. The molecule has 0 aliphatic rings. The molecule has 0 aliphatic heterocycles. The first-order chi connectivity index (χ1) is 7.18. The second kappa shape index (κ2) is 4.08. The van der Waals surface area contributed by atoms with Crippen molar-refractivity contribution < 1.29 is 9.18 Å². The third-order valence-corrected chi connectivity index (χ3v) is 2.72. The fraction of sp³-hybridized carbons (Fsp3) is 0. The minimum Gasteiger partial charge on any atom is -0.287 e. The Labute approximate surface area is 94.5 Å². The molecule has 15 heavy (non-hydrogen) atoms. The van der Waals surface area contributed by atoms with Crippen LogP contribution in [0.4, 0.5) is 4.39 Å². The number of carbonyl (C=O) groups excluding carboxylic acids is 1. The minimum atomic E-state index is -0.599. The van der Waals surface area contributed by atoms with E-state index in [0.29, 0.717) is 5.69 Å². The second-order valence-electron chi connectivity index (χ2n) is 2.84. The fourth-order valence-corrected chi connectivity index (χ4v) is 1.74. The molecule has 76 valence electrons. The largest absolute Gasteiger partial charge is 0.287 e. The van der Waals surface area contributed by atoms with E-state index in [2.05, 4.69) is 4.37 Å². The third-order valence-electron chi connectivity index (χ3n) is 1.85. The fourth-order valence-electron chi connectivity index (χ4n) is 1.11. The summed E-state index contributed by atoms with van der Waals surface area (Å²) in [4.78, 5) is 11.7. The lowest BCUT2D eigenvalue weighted by Gasteiger charge is -1.98. The molecule has 0 bridgehead atoms. The number of hydrogen-bond donors (Lipinski definition) is 0. The molecule has 1 aromatic heterocycles.